The Labute approximate surface area is 136 Å². The highest BCUT2D eigenvalue weighted by molar-refractivity contribution is 7.09. The number of rotatable bonds is 5. The van der Waals surface area contributed by atoms with Crippen molar-refractivity contribution in [1.29, 1.82) is 0 Å². The van der Waals surface area contributed by atoms with Crippen molar-refractivity contribution in [2.75, 3.05) is 13.6 Å². The number of nitrogens with zero attached hydrogens (tertiary/aromatic N) is 2. The van der Waals surface area contributed by atoms with Gasteiger partial charge in [0.1, 0.15) is 0 Å². The van der Waals surface area contributed by atoms with Crippen molar-refractivity contribution in [2.45, 2.75) is 32.7 Å². The van der Waals surface area contributed by atoms with Gasteiger partial charge in [-0.2, -0.15) is 0 Å². The summed E-state index contributed by atoms with van der Waals surface area (Å²) in [5.74, 6) is 0.816. The Balaban J connectivity index is 1.90. The Morgan fingerprint density at radius 2 is 1.95 bits per heavy atom. The van der Waals surface area contributed by atoms with E-state index < -0.39 is 0 Å². The fourth-order valence-electron chi connectivity index (χ4n) is 2.18. The average molecular weight is 316 g/mol. The molecule has 2 aromatic rings. The van der Waals surface area contributed by atoms with Gasteiger partial charge in [-0.3, -0.25) is 4.99 Å². The molecule has 1 aromatic heterocycles. The molecule has 1 heterocycles. The van der Waals surface area contributed by atoms with Crippen molar-refractivity contribution in [2.24, 2.45) is 4.99 Å². The number of guanidine groups is 1. The number of hydrogen-bond acceptors (Lipinski definition) is 3. The molecule has 0 atom stereocenters. The van der Waals surface area contributed by atoms with Gasteiger partial charge in [-0.25, -0.2) is 4.98 Å². The summed E-state index contributed by atoms with van der Waals surface area (Å²) in [5.41, 5.74) is 4.31. The molecule has 0 fully saturated rings. The predicted molar refractivity (Wildman–Crippen MR) is 94.5 cm³/mol. The van der Waals surface area contributed by atoms with Crippen LogP contribution in [0.1, 0.15) is 30.0 Å². The first-order chi connectivity index (χ1) is 10.5. The van der Waals surface area contributed by atoms with Crippen molar-refractivity contribution >= 4 is 17.3 Å². The first kappa shape index (κ1) is 16.5. The largest absolute Gasteiger partial charge is 0.356 e. The highest BCUT2D eigenvalue weighted by Crippen LogP contribution is 2.21. The van der Waals surface area contributed by atoms with E-state index in [1.165, 1.54) is 10.4 Å². The molecule has 0 saturated heterocycles. The van der Waals surface area contributed by atoms with Crippen LogP contribution in [-0.4, -0.2) is 24.5 Å². The summed E-state index contributed by atoms with van der Waals surface area (Å²) in [6.07, 6.45) is 0. The first-order valence-corrected chi connectivity index (χ1v) is 8.30. The summed E-state index contributed by atoms with van der Waals surface area (Å²) in [6.45, 7) is 8.06. The molecule has 0 aliphatic carbocycles. The second-order valence-electron chi connectivity index (χ2n) is 5.89. The summed E-state index contributed by atoms with van der Waals surface area (Å²) in [4.78, 5) is 9.80. The molecular weight excluding hydrogens is 292 g/mol. The third kappa shape index (κ3) is 4.31. The fourth-order valence-corrected chi connectivity index (χ4v) is 2.89. The third-order valence-electron chi connectivity index (χ3n) is 3.74. The first-order valence-electron chi connectivity index (χ1n) is 7.42. The molecular formula is C17H24N4S. The molecule has 0 aliphatic heterocycles. The van der Waals surface area contributed by atoms with E-state index in [1.54, 1.807) is 18.4 Å². The maximum Gasteiger partial charge on any atom is 0.191 e. The topological polar surface area (TPSA) is 49.3 Å². The maximum absolute atomic E-state index is 4.29. The monoisotopic (exact) mass is 316 g/mol. The summed E-state index contributed by atoms with van der Waals surface area (Å²) in [5, 5.41) is 6.76. The van der Waals surface area contributed by atoms with Crippen LogP contribution in [0.5, 0.6) is 0 Å². The number of aryl methyl sites for hydroxylation is 1. The smallest absolute Gasteiger partial charge is 0.191 e. The molecule has 0 amide bonds. The minimum atomic E-state index is 0.0410. The summed E-state index contributed by atoms with van der Waals surface area (Å²) in [7, 11) is 1.80. The molecule has 0 saturated carbocycles. The average Bonchev–Trinajstić information content (AvgIpc) is 2.93. The van der Waals surface area contributed by atoms with Crippen LogP contribution >= 0.6 is 11.3 Å². The summed E-state index contributed by atoms with van der Waals surface area (Å²) >= 11 is 1.67. The Hall–Kier alpha value is -1.88. The second kappa shape index (κ2) is 7.40. The summed E-state index contributed by atoms with van der Waals surface area (Å²) in [6, 6.07) is 10.5. The standard InChI is InChI=1S/C17H24N4S/c1-13-15(22-12-21-13)10-19-16(18-4)20-11-17(2,3)14-8-6-5-7-9-14/h5-9,12H,10-11H2,1-4H3,(H2,18,19,20). The molecule has 0 aliphatic rings. The van der Waals surface area contributed by atoms with Crippen LogP contribution in [-0.2, 0) is 12.0 Å². The Bertz CT molecular complexity index is 617. The van der Waals surface area contributed by atoms with E-state index in [4.69, 9.17) is 0 Å². The van der Waals surface area contributed by atoms with Crippen LogP contribution < -0.4 is 10.6 Å². The normalized spacial score (nSPS) is 12.3. The van der Waals surface area contributed by atoms with Gasteiger partial charge in [-0.15, -0.1) is 11.3 Å². The van der Waals surface area contributed by atoms with Gasteiger partial charge in [0.25, 0.3) is 0 Å². The van der Waals surface area contributed by atoms with E-state index in [0.717, 1.165) is 24.7 Å². The molecule has 2 rings (SSSR count). The molecule has 0 spiro atoms. The Morgan fingerprint density at radius 1 is 1.23 bits per heavy atom. The minimum absolute atomic E-state index is 0.0410. The lowest BCUT2D eigenvalue weighted by molar-refractivity contribution is 0.508. The lowest BCUT2D eigenvalue weighted by atomic mass is 9.85. The Kier molecular flexibility index (Phi) is 5.55. The van der Waals surface area contributed by atoms with Crippen molar-refractivity contribution in [3.8, 4) is 0 Å². The highest BCUT2D eigenvalue weighted by atomic mass is 32.1. The fraction of sp³-hybridized carbons (Fsp3) is 0.412. The second-order valence-corrected chi connectivity index (χ2v) is 6.83. The van der Waals surface area contributed by atoms with Gasteiger partial charge >= 0.3 is 0 Å². The van der Waals surface area contributed by atoms with Crippen LogP contribution in [0, 0.1) is 6.92 Å². The molecule has 4 nitrogen and oxygen atoms in total. The van der Waals surface area contributed by atoms with Crippen molar-refractivity contribution in [3.05, 3.63) is 52.0 Å². The van der Waals surface area contributed by atoms with Crippen LogP contribution in [0.15, 0.2) is 40.8 Å². The van der Waals surface area contributed by atoms with E-state index in [2.05, 4.69) is 58.7 Å². The molecule has 5 heteroatoms. The van der Waals surface area contributed by atoms with Crippen molar-refractivity contribution in [1.82, 2.24) is 15.6 Å². The van der Waals surface area contributed by atoms with E-state index in [0.29, 0.717) is 0 Å². The third-order valence-corrected chi connectivity index (χ3v) is 4.67. The number of aromatic nitrogens is 1. The SMILES string of the molecule is CN=C(NCc1scnc1C)NCC(C)(C)c1ccccc1. The molecule has 118 valence electrons. The molecule has 2 N–H and O–H groups in total. The molecule has 0 radical (unpaired) electrons. The number of aliphatic imine (C=N–C) groups is 1. The zero-order chi connectivity index (χ0) is 16.0. The lowest BCUT2D eigenvalue weighted by Crippen LogP contribution is -2.43. The predicted octanol–water partition coefficient (Wildman–Crippen LogP) is 3.09. The van der Waals surface area contributed by atoms with Gasteiger partial charge in [0.05, 0.1) is 17.7 Å². The van der Waals surface area contributed by atoms with E-state index in [9.17, 15) is 0 Å². The number of hydrogen-bond donors (Lipinski definition) is 2. The van der Waals surface area contributed by atoms with E-state index in [-0.39, 0.29) is 5.41 Å². The highest BCUT2D eigenvalue weighted by Gasteiger charge is 2.20. The number of nitrogens with one attached hydrogen (secondary N) is 2. The summed E-state index contributed by atoms with van der Waals surface area (Å²) < 4.78 is 0. The van der Waals surface area contributed by atoms with Crippen molar-refractivity contribution < 1.29 is 0 Å². The van der Waals surface area contributed by atoms with E-state index >= 15 is 0 Å². The van der Waals surface area contributed by atoms with Crippen LogP contribution in [0.2, 0.25) is 0 Å². The quantitative estimate of drug-likeness (QED) is 0.658. The van der Waals surface area contributed by atoms with Gasteiger partial charge in [-0.1, -0.05) is 44.2 Å². The van der Waals surface area contributed by atoms with Gasteiger partial charge < -0.3 is 10.6 Å². The maximum atomic E-state index is 4.29. The van der Waals surface area contributed by atoms with Crippen LogP contribution in [0.25, 0.3) is 0 Å². The molecule has 22 heavy (non-hydrogen) atoms. The van der Waals surface area contributed by atoms with Crippen LogP contribution in [0.3, 0.4) is 0 Å². The zero-order valence-electron chi connectivity index (χ0n) is 13.7. The van der Waals surface area contributed by atoms with Gasteiger partial charge in [0.15, 0.2) is 5.96 Å². The van der Waals surface area contributed by atoms with E-state index in [1.807, 2.05) is 18.5 Å². The molecule has 0 bridgehead atoms. The molecule has 0 unspecified atom stereocenters. The molecule has 1 aromatic carbocycles. The minimum Gasteiger partial charge on any atom is -0.356 e. The van der Waals surface area contributed by atoms with Crippen LogP contribution in [0.4, 0.5) is 0 Å². The number of thiazole rings is 1. The van der Waals surface area contributed by atoms with Crippen molar-refractivity contribution in [3.63, 3.8) is 0 Å². The van der Waals surface area contributed by atoms with Gasteiger partial charge in [0.2, 0.25) is 0 Å². The van der Waals surface area contributed by atoms with Gasteiger partial charge in [0, 0.05) is 23.9 Å². The lowest BCUT2D eigenvalue weighted by Gasteiger charge is -2.26. The zero-order valence-corrected chi connectivity index (χ0v) is 14.5. The van der Waals surface area contributed by atoms with Gasteiger partial charge in [-0.05, 0) is 12.5 Å². The Morgan fingerprint density at radius 3 is 2.55 bits per heavy atom. The number of benzene rings is 1.